The fourth-order valence-electron chi connectivity index (χ4n) is 1.74. The van der Waals surface area contributed by atoms with E-state index in [1.807, 2.05) is 13.0 Å². The molecule has 1 aliphatic rings. The fourth-order valence-corrected chi connectivity index (χ4v) is 1.74. The lowest BCUT2D eigenvalue weighted by atomic mass is 10.4. The minimum Gasteiger partial charge on any atom is -0.347 e. The molecule has 6 nitrogen and oxygen atoms in total. The monoisotopic (exact) mass is 230 g/mol. The first-order valence-electron chi connectivity index (χ1n) is 5.75. The van der Waals surface area contributed by atoms with Gasteiger partial charge in [0.05, 0.1) is 6.54 Å². The van der Waals surface area contributed by atoms with E-state index in [1.165, 1.54) is 12.8 Å². The van der Waals surface area contributed by atoms with Crippen LogP contribution in [0.4, 0.5) is 5.95 Å². The van der Waals surface area contributed by atoms with E-state index < -0.39 is 0 Å². The minimum atomic E-state index is 0.597. The van der Waals surface area contributed by atoms with Gasteiger partial charge in [-0.3, -0.25) is 0 Å². The van der Waals surface area contributed by atoms with Gasteiger partial charge in [0, 0.05) is 17.9 Å². The predicted octanol–water partition coefficient (Wildman–Crippen LogP) is 1.32. The lowest BCUT2D eigenvalue weighted by Crippen LogP contribution is -2.09. The maximum absolute atomic E-state index is 4.28. The van der Waals surface area contributed by atoms with Gasteiger partial charge in [-0.1, -0.05) is 0 Å². The molecule has 2 aromatic heterocycles. The summed E-state index contributed by atoms with van der Waals surface area (Å²) in [4.78, 5) is 8.43. The van der Waals surface area contributed by atoms with Crippen molar-refractivity contribution < 1.29 is 0 Å². The van der Waals surface area contributed by atoms with Gasteiger partial charge < -0.3 is 9.88 Å². The summed E-state index contributed by atoms with van der Waals surface area (Å²) >= 11 is 0. The first-order valence-corrected chi connectivity index (χ1v) is 5.75. The molecule has 3 rings (SSSR count). The summed E-state index contributed by atoms with van der Waals surface area (Å²) in [6.45, 7) is 2.56. The maximum atomic E-state index is 4.28. The molecule has 0 unspecified atom stereocenters. The quantitative estimate of drug-likeness (QED) is 0.858. The van der Waals surface area contributed by atoms with Crippen LogP contribution in [0.1, 0.15) is 30.4 Å². The molecule has 88 valence electrons. The topological polar surface area (TPSA) is 68.5 Å². The Balaban J connectivity index is 1.69. The number of rotatable bonds is 4. The maximum Gasteiger partial charge on any atom is 0.223 e. The van der Waals surface area contributed by atoms with Crippen molar-refractivity contribution in [1.82, 2.24) is 24.7 Å². The molecule has 1 fully saturated rings. The van der Waals surface area contributed by atoms with E-state index in [-0.39, 0.29) is 0 Å². The largest absolute Gasteiger partial charge is 0.347 e. The second-order valence-corrected chi connectivity index (χ2v) is 4.26. The van der Waals surface area contributed by atoms with E-state index in [4.69, 9.17) is 0 Å². The minimum absolute atomic E-state index is 0.597. The Bertz CT molecular complexity index is 516. The molecule has 1 N–H and O–H groups in total. The lowest BCUT2D eigenvalue weighted by Gasteiger charge is -2.06. The molecule has 0 amide bonds. The Kier molecular flexibility index (Phi) is 2.47. The third-order valence-electron chi connectivity index (χ3n) is 2.79. The zero-order valence-corrected chi connectivity index (χ0v) is 9.67. The highest BCUT2D eigenvalue weighted by Gasteiger charge is 2.25. The predicted molar refractivity (Wildman–Crippen MR) is 62.4 cm³/mol. The molecule has 2 heterocycles. The van der Waals surface area contributed by atoms with Crippen molar-refractivity contribution >= 4 is 5.95 Å². The number of hydrogen-bond acceptors (Lipinski definition) is 5. The van der Waals surface area contributed by atoms with Gasteiger partial charge >= 0.3 is 0 Å². The van der Waals surface area contributed by atoms with Gasteiger partial charge in [-0.15, -0.1) is 10.2 Å². The highest BCUT2D eigenvalue weighted by atomic mass is 15.3. The zero-order chi connectivity index (χ0) is 11.7. The van der Waals surface area contributed by atoms with Crippen molar-refractivity contribution in [1.29, 1.82) is 0 Å². The lowest BCUT2D eigenvalue weighted by molar-refractivity contribution is 0.688. The molecule has 0 spiro atoms. The van der Waals surface area contributed by atoms with Gasteiger partial charge in [-0.25, -0.2) is 9.97 Å². The van der Waals surface area contributed by atoms with Crippen LogP contribution in [0.15, 0.2) is 18.6 Å². The summed E-state index contributed by atoms with van der Waals surface area (Å²) in [5.74, 6) is 1.58. The van der Waals surface area contributed by atoms with Crippen molar-refractivity contribution in [2.75, 3.05) is 5.32 Å². The average Bonchev–Trinajstić information content (AvgIpc) is 3.06. The van der Waals surface area contributed by atoms with Crippen LogP contribution in [0.2, 0.25) is 0 Å². The van der Waals surface area contributed by atoms with Crippen molar-refractivity contribution in [3.63, 3.8) is 0 Å². The van der Waals surface area contributed by atoms with Crippen molar-refractivity contribution in [2.45, 2.75) is 32.4 Å². The Labute approximate surface area is 99.1 Å². The van der Waals surface area contributed by atoms with Crippen LogP contribution in [-0.4, -0.2) is 24.7 Å². The van der Waals surface area contributed by atoms with E-state index in [0.29, 0.717) is 18.5 Å². The Morgan fingerprint density at radius 3 is 3.12 bits per heavy atom. The summed E-state index contributed by atoms with van der Waals surface area (Å²) in [7, 11) is 0. The second-order valence-electron chi connectivity index (χ2n) is 4.26. The first kappa shape index (κ1) is 10.2. The van der Waals surface area contributed by atoms with Crippen LogP contribution in [0, 0.1) is 6.92 Å². The Morgan fingerprint density at radius 2 is 2.35 bits per heavy atom. The number of aryl methyl sites for hydroxylation is 1. The Morgan fingerprint density at radius 1 is 1.47 bits per heavy atom. The molecule has 0 bridgehead atoms. The number of nitrogens with one attached hydrogen (secondary N) is 1. The van der Waals surface area contributed by atoms with Crippen molar-refractivity contribution in [3.05, 3.63) is 30.1 Å². The molecular weight excluding hydrogens is 216 g/mol. The highest BCUT2D eigenvalue weighted by molar-refractivity contribution is 5.25. The average molecular weight is 230 g/mol. The van der Waals surface area contributed by atoms with Crippen LogP contribution in [0.3, 0.4) is 0 Å². The molecule has 1 saturated carbocycles. The fraction of sp³-hybridized carbons (Fsp3) is 0.455. The third kappa shape index (κ3) is 2.25. The summed E-state index contributed by atoms with van der Waals surface area (Å²) in [5, 5.41) is 11.2. The SMILES string of the molecule is Cc1ccnc(NCc2nncn2C2CC2)n1. The van der Waals surface area contributed by atoms with Crippen LogP contribution in [-0.2, 0) is 6.54 Å². The van der Waals surface area contributed by atoms with Gasteiger partial charge in [-0.05, 0) is 25.8 Å². The first-order chi connectivity index (χ1) is 8.33. The molecule has 0 aromatic carbocycles. The standard InChI is InChI=1S/C11H14N6/c1-8-4-5-12-11(15-8)13-6-10-16-14-7-17(10)9-2-3-9/h4-5,7,9H,2-3,6H2,1H3,(H,12,13,15). The van der Waals surface area contributed by atoms with Crippen molar-refractivity contribution in [2.24, 2.45) is 0 Å². The van der Waals surface area contributed by atoms with Gasteiger partial charge in [0.25, 0.3) is 0 Å². The normalized spacial score (nSPS) is 14.9. The van der Waals surface area contributed by atoms with Gasteiger partial charge in [0.2, 0.25) is 5.95 Å². The van der Waals surface area contributed by atoms with E-state index in [2.05, 4.69) is 30.0 Å². The molecule has 1 aliphatic carbocycles. The summed E-state index contributed by atoms with van der Waals surface area (Å²) in [6.07, 6.45) is 6.00. The number of nitrogens with zero attached hydrogens (tertiary/aromatic N) is 5. The van der Waals surface area contributed by atoms with Crippen LogP contribution in [0.5, 0.6) is 0 Å². The molecule has 0 atom stereocenters. The number of hydrogen-bond donors (Lipinski definition) is 1. The molecular formula is C11H14N6. The van der Waals surface area contributed by atoms with Crippen LogP contribution in [0.25, 0.3) is 0 Å². The van der Waals surface area contributed by atoms with Crippen molar-refractivity contribution in [3.8, 4) is 0 Å². The molecule has 0 radical (unpaired) electrons. The molecule has 0 aliphatic heterocycles. The van der Waals surface area contributed by atoms with Gasteiger partial charge in [0.1, 0.15) is 6.33 Å². The molecule has 0 saturated heterocycles. The van der Waals surface area contributed by atoms with Crippen LogP contribution < -0.4 is 5.32 Å². The van der Waals surface area contributed by atoms with Gasteiger partial charge in [0.15, 0.2) is 5.82 Å². The zero-order valence-electron chi connectivity index (χ0n) is 9.67. The molecule has 17 heavy (non-hydrogen) atoms. The van der Waals surface area contributed by atoms with E-state index in [1.54, 1.807) is 12.5 Å². The Hall–Kier alpha value is -1.98. The molecule has 2 aromatic rings. The van der Waals surface area contributed by atoms with E-state index in [0.717, 1.165) is 11.5 Å². The molecule has 6 heteroatoms. The smallest absolute Gasteiger partial charge is 0.223 e. The summed E-state index contributed by atoms with van der Waals surface area (Å²) < 4.78 is 2.13. The number of aromatic nitrogens is 5. The summed E-state index contributed by atoms with van der Waals surface area (Å²) in [6, 6.07) is 2.47. The summed E-state index contributed by atoms with van der Waals surface area (Å²) in [5.41, 5.74) is 0.950. The second kappa shape index (κ2) is 4.12. The highest BCUT2D eigenvalue weighted by Crippen LogP contribution is 2.35. The number of anilines is 1. The van der Waals surface area contributed by atoms with Crippen LogP contribution >= 0.6 is 0 Å². The van der Waals surface area contributed by atoms with Gasteiger partial charge in [-0.2, -0.15) is 0 Å². The third-order valence-corrected chi connectivity index (χ3v) is 2.79. The van der Waals surface area contributed by atoms with E-state index in [9.17, 15) is 0 Å². The van der Waals surface area contributed by atoms with E-state index >= 15 is 0 Å².